The van der Waals surface area contributed by atoms with Crippen LogP contribution in [-0.4, -0.2) is 32.3 Å². The lowest BCUT2D eigenvalue weighted by Crippen LogP contribution is -2.36. The van der Waals surface area contributed by atoms with Gasteiger partial charge in [-0.05, 0) is 34.9 Å². The first-order chi connectivity index (χ1) is 15.2. The third kappa shape index (κ3) is 5.16. The maximum Gasteiger partial charge on any atom is 0.191 e. The summed E-state index contributed by atoms with van der Waals surface area (Å²) < 4.78 is 18.0. The van der Waals surface area contributed by atoms with E-state index in [2.05, 4.69) is 37.8 Å². The summed E-state index contributed by atoms with van der Waals surface area (Å²) in [7, 11) is 1.72. The largest absolute Gasteiger partial charge is 0.352 e. The highest BCUT2D eigenvalue weighted by atomic mass is 19.1. The fourth-order valence-corrected chi connectivity index (χ4v) is 3.31. The number of nitrogens with one attached hydrogen (secondary N) is 2. The SMILES string of the molecule is CN=C(NCc1ccc(-n2ccnc2)c(F)c1)NCc1ccccc1Cn1cccn1. The van der Waals surface area contributed by atoms with Crippen LogP contribution in [0.25, 0.3) is 5.69 Å². The Labute approximate surface area is 180 Å². The number of halogens is 1. The first-order valence-electron chi connectivity index (χ1n) is 9.98. The molecule has 0 spiro atoms. The van der Waals surface area contributed by atoms with Gasteiger partial charge in [0.1, 0.15) is 5.82 Å². The number of aliphatic imine (C=N–C) groups is 1. The Morgan fingerprint density at radius 3 is 2.55 bits per heavy atom. The van der Waals surface area contributed by atoms with Gasteiger partial charge in [-0.2, -0.15) is 5.10 Å². The third-order valence-electron chi connectivity index (χ3n) is 4.93. The summed E-state index contributed by atoms with van der Waals surface area (Å²) in [5.41, 5.74) is 3.64. The average Bonchev–Trinajstić information content (AvgIpc) is 3.49. The zero-order chi connectivity index (χ0) is 21.5. The number of nitrogens with zero attached hydrogens (tertiary/aromatic N) is 5. The Kier molecular flexibility index (Phi) is 6.37. The summed E-state index contributed by atoms with van der Waals surface area (Å²) >= 11 is 0. The summed E-state index contributed by atoms with van der Waals surface area (Å²) in [6.45, 7) is 1.78. The highest BCUT2D eigenvalue weighted by molar-refractivity contribution is 5.79. The van der Waals surface area contributed by atoms with E-state index in [0.717, 1.165) is 11.1 Å². The molecule has 158 valence electrons. The van der Waals surface area contributed by atoms with Gasteiger partial charge in [0.2, 0.25) is 0 Å². The van der Waals surface area contributed by atoms with Gasteiger partial charge in [0.05, 0.1) is 18.6 Å². The van der Waals surface area contributed by atoms with E-state index in [9.17, 15) is 4.39 Å². The van der Waals surface area contributed by atoms with Gasteiger partial charge >= 0.3 is 0 Å². The van der Waals surface area contributed by atoms with Crippen molar-refractivity contribution in [2.45, 2.75) is 19.6 Å². The van der Waals surface area contributed by atoms with Crippen molar-refractivity contribution in [2.75, 3.05) is 7.05 Å². The Morgan fingerprint density at radius 1 is 1.00 bits per heavy atom. The molecule has 2 N–H and O–H groups in total. The minimum Gasteiger partial charge on any atom is -0.352 e. The fourth-order valence-electron chi connectivity index (χ4n) is 3.31. The minimum absolute atomic E-state index is 0.298. The number of hydrogen-bond donors (Lipinski definition) is 2. The van der Waals surface area contributed by atoms with Crippen LogP contribution in [0, 0.1) is 5.82 Å². The zero-order valence-electron chi connectivity index (χ0n) is 17.2. The molecule has 31 heavy (non-hydrogen) atoms. The van der Waals surface area contributed by atoms with E-state index in [-0.39, 0.29) is 5.82 Å². The molecule has 4 aromatic rings. The minimum atomic E-state index is -0.298. The monoisotopic (exact) mass is 417 g/mol. The Bertz CT molecular complexity index is 1130. The number of guanidine groups is 1. The lowest BCUT2D eigenvalue weighted by molar-refractivity contribution is 0.614. The lowest BCUT2D eigenvalue weighted by atomic mass is 10.1. The molecule has 0 aliphatic carbocycles. The van der Waals surface area contributed by atoms with Crippen LogP contribution in [0.2, 0.25) is 0 Å². The molecule has 4 rings (SSSR count). The second kappa shape index (κ2) is 9.71. The molecule has 0 unspecified atom stereocenters. The smallest absolute Gasteiger partial charge is 0.191 e. The predicted molar refractivity (Wildman–Crippen MR) is 118 cm³/mol. The normalized spacial score (nSPS) is 11.5. The Morgan fingerprint density at radius 2 is 1.84 bits per heavy atom. The summed E-state index contributed by atoms with van der Waals surface area (Å²) in [5.74, 6) is 0.348. The standard InChI is InChI=1S/C23H24FN7/c1-25-23(27-14-18-7-8-22(21(24)13-18)30-12-10-26-17-30)28-15-19-5-2-3-6-20(19)16-31-11-4-9-29-31/h2-13,17H,14-16H2,1H3,(H2,25,27,28). The summed E-state index contributed by atoms with van der Waals surface area (Å²) in [5, 5.41) is 10.8. The van der Waals surface area contributed by atoms with Crippen LogP contribution < -0.4 is 10.6 Å². The molecule has 7 nitrogen and oxygen atoms in total. The van der Waals surface area contributed by atoms with E-state index < -0.39 is 0 Å². The van der Waals surface area contributed by atoms with E-state index in [0.29, 0.717) is 31.3 Å². The number of hydrogen-bond acceptors (Lipinski definition) is 3. The van der Waals surface area contributed by atoms with Crippen LogP contribution in [0.1, 0.15) is 16.7 Å². The van der Waals surface area contributed by atoms with Gasteiger partial charge in [-0.25, -0.2) is 9.37 Å². The van der Waals surface area contributed by atoms with E-state index in [4.69, 9.17) is 0 Å². The van der Waals surface area contributed by atoms with E-state index >= 15 is 0 Å². The molecule has 8 heteroatoms. The van der Waals surface area contributed by atoms with Crippen molar-refractivity contribution >= 4 is 5.96 Å². The fraction of sp³-hybridized carbons (Fsp3) is 0.174. The van der Waals surface area contributed by atoms with Crippen molar-refractivity contribution in [3.63, 3.8) is 0 Å². The average molecular weight is 417 g/mol. The first-order valence-corrected chi connectivity index (χ1v) is 9.98. The molecule has 2 heterocycles. The molecule has 0 bridgehead atoms. The number of imidazole rings is 1. The van der Waals surface area contributed by atoms with Crippen LogP contribution in [0.3, 0.4) is 0 Å². The molecule has 0 aliphatic heterocycles. The highest BCUT2D eigenvalue weighted by Gasteiger charge is 2.07. The van der Waals surface area contributed by atoms with Gasteiger partial charge in [0.15, 0.2) is 5.96 Å². The van der Waals surface area contributed by atoms with Gasteiger partial charge in [0, 0.05) is 44.9 Å². The van der Waals surface area contributed by atoms with Crippen molar-refractivity contribution in [1.29, 1.82) is 0 Å². The maximum atomic E-state index is 14.5. The van der Waals surface area contributed by atoms with E-state index in [1.54, 1.807) is 42.6 Å². The van der Waals surface area contributed by atoms with Gasteiger partial charge in [-0.1, -0.05) is 30.3 Å². The molecular weight excluding hydrogens is 393 g/mol. The zero-order valence-corrected chi connectivity index (χ0v) is 17.2. The molecule has 0 aliphatic rings. The molecular formula is C23H24FN7. The quantitative estimate of drug-likeness (QED) is 0.358. The predicted octanol–water partition coefficient (Wildman–Crippen LogP) is 3.12. The van der Waals surface area contributed by atoms with Crippen molar-refractivity contribution in [3.8, 4) is 5.69 Å². The third-order valence-corrected chi connectivity index (χ3v) is 4.93. The van der Waals surface area contributed by atoms with Crippen LogP contribution in [0.15, 0.2) is 84.6 Å². The van der Waals surface area contributed by atoms with Gasteiger partial charge in [0.25, 0.3) is 0 Å². The number of aromatic nitrogens is 4. The first kappa shape index (κ1) is 20.3. The van der Waals surface area contributed by atoms with Crippen LogP contribution in [0.5, 0.6) is 0 Å². The second-order valence-electron chi connectivity index (χ2n) is 7.01. The lowest BCUT2D eigenvalue weighted by Gasteiger charge is -2.15. The van der Waals surface area contributed by atoms with Gasteiger partial charge in [-0.15, -0.1) is 0 Å². The van der Waals surface area contributed by atoms with Gasteiger partial charge in [-0.3, -0.25) is 9.67 Å². The number of benzene rings is 2. The van der Waals surface area contributed by atoms with Crippen LogP contribution >= 0.6 is 0 Å². The summed E-state index contributed by atoms with van der Waals surface area (Å²) in [6, 6.07) is 15.3. The molecule has 2 aromatic carbocycles. The van der Waals surface area contributed by atoms with Crippen molar-refractivity contribution in [2.24, 2.45) is 4.99 Å². The molecule has 0 saturated carbocycles. The summed E-state index contributed by atoms with van der Waals surface area (Å²) in [6.07, 6.45) is 8.63. The number of rotatable bonds is 7. The molecule has 2 aromatic heterocycles. The van der Waals surface area contributed by atoms with Crippen molar-refractivity contribution < 1.29 is 4.39 Å². The Hall–Kier alpha value is -3.94. The Balaban J connectivity index is 1.35. The second-order valence-corrected chi connectivity index (χ2v) is 7.01. The molecule has 0 atom stereocenters. The maximum absolute atomic E-state index is 14.5. The van der Waals surface area contributed by atoms with E-state index in [1.807, 2.05) is 35.1 Å². The topological polar surface area (TPSA) is 72.1 Å². The summed E-state index contributed by atoms with van der Waals surface area (Å²) in [4.78, 5) is 8.23. The van der Waals surface area contributed by atoms with Crippen LogP contribution in [0.4, 0.5) is 4.39 Å². The molecule has 0 radical (unpaired) electrons. The van der Waals surface area contributed by atoms with Crippen molar-refractivity contribution in [3.05, 3.63) is 102 Å². The molecule has 0 saturated heterocycles. The molecule has 0 amide bonds. The van der Waals surface area contributed by atoms with Crippen LogP contribution in [-0.2, 0) is 19.6 Å². The highest BCUT2D eigenvalue weighted by Crippen LogP contribution is 2.15. The van der Waals surface area contributed by atoms with Gasteiger partial charge < -0.3 is 15.2 Å². The van der Waals surface area contributed by atoms with E-state index in [1.165, 1.54) is 11.6 Å². The molecule has 0 fully saturated rings. The van der Waals surface area contributed by atoms with Crippen molar-refractivity contribution in [1.82, 2.24) is 30.0 Å².